The Morgan fingerprint density at radius 2 is 1.89 bits per heavy atom. The van der Waals surface area contributed by atoms with Crippen molar-refractivity contribution in [3.63, 3.8) is 0 Å². The summed E-state index contributed by atoms with van der Waals surface area (Å²) in [5.41, 5.74) is -0.390. The summed E-state index contributed by atoms with van der Waals surface area (Å²) < 4.78 is 15.8. The highest BCUT2D eigenvalue weighted by Gasteiger charge is 2.11. The van der Waals surface area contributed by atoms with Gasteiger partial charge in [-0.2, -0.15) is 0 Å². The minimum Gasteiger partial charge on any atom is -0.494 e. The third kappa shape index (κ3) is 3.04. The molecule has 2 aromatic rings. The van der Waals surface area contributed by atoms with Gasteiger partial charge in [-0.15, -0.1) is 0 Å². The van der Waals surface area contributed by atoms with Gasteiger partial charge in [-0.1, -0.05) is 0 Å². The topological polar surface area (TPSA) is 73.4 Å². The summed E-state index contributed by atoms with van der Waals surface area (Å²) in [5.74, 6) is 1.45. The summed E-state index contributed by atoms with van der Waals surface area (Å²) in [6.07, 6.45) is 1.26. The van der Waals surface area contributed by atoms with Gasteiger partial charge in [0.25, 0.3) is 11.4 Å². The van der Waals surface area contributed by atoms with E-state index in [0.29, 0.717) is 12.4 Å². The number of ether oxygens (including phenoxy) is 3. The molecule has 1 N–H and O–H groups in total. The van der Waals surface area contributed by atoms with Crippen molar-refractivity contribution in [2.24, 2.45) is 0 Å². The van der Waals surface area contributed by atoms with E-state index in [9.17, 15) is 4.79 Å². The Bertz CT molecular complexity index is 592. The highest BCUT2D eigenvalue weighted by molar-refractivity contribution is 5.37. The maximum atomic E-state index is 11.5. The lowest BCUT2D eigenvalue weighted by Gasteiger charge is -2.08. The smallest absolute Gasteiger partial charge is 0.297 e. The van der Waals surface area contributed by atoms with Crippen LogP contribution in [0, 0.1) is 0 Å². The Balaban J connectivity index is 2.21. The van der Waals surface area contributed by atoms with Crippen LogP contribution in [-0.2, 0) is 0 Å². The largest absolute Gasteiger partial charge is 0.494 e. The lowest BCUT2D eigenvalue weighted by atomic mass is 10.3. The van der Waals surface area contributed by atoms with E-state index < -0.39 is 5.56 Å². The Morgan fingerprint density at radius 3 is 2.53 bits per heavy atom. The summed E-state index contributed by atoms with van der Waals surface area (Å²) in [6.45, 7) is 2.51. The Kier molecular flexibility index (Phi) is 4.02. The summed E-state index contributed by atoms with van der Waals surface area (Å²) in [6, 6.07) is 7.01. The van der Waals surface area contributed by atoms with Crippen LogP contribution < -0.4 is 19.8 Å². The van der Waals surface area contributed by atoms with Gasteiger partial charge in [-0.25, -0.2) is 4.98 Å². The fourth-order valence-electron chi connectivity index (χ4n) is 1.51. The number of hydrogen-bond donors (Lipinski definition) is 1. The molecule has 0 amide bonds. The first-order chi connectivity index (χ1) is 9.24. The number of H-pyrrole nitrogens is 1. The Hall–Kier alpha value is -2.50. The zero-order valence-electron chi connectivity index (χ0n) is 10.7. The number of aromatic nitrogens is 2. The molecule has 1 aromatic heterocycles. The van der Waals surface area contributed by atoms with Crippen molar-refractivity contribution in [3.8, 4) is 23.1 Å². The number of nitrogens with zero attached hydrogens (tertiary/aromatic N) is 1. The van der Waals surface area contributed by atoms with Gasteiger partial charge in [-0.3, -0.25) is 4.79 Å². The summed E-state index contributed by atoms with van der Waals surface area (Å²) in [7, 11) is 1.39. The monoisotopic (exact) mass is 262 g/mol. The second-order valence-electron chi connectivity index (χ2n) is 3.58. The van der Waals surface area contributed by atoms with Crippen LogP contribution in [0.4, 0.5) is 0 Å². The maximum Gasteiger partial charge on any atom is 0.297 e. The number of methoxy groups -OCH3 is 1. The molecule has 1 heterocycles. The normalized spacial score (nSPS) is 10.0. The molecule has 0 bridgehead atoms. The van der Waals surface area contributed by atoms with E-state index in [-0.39, 0.29) is 11.6 Å². The molecular weight excluding hydrogens is 248 g/mol. The maximum absolute atomic E-state index is 11.5. The van der Waals surface area contributed by atoms with E-state index in [0.717, 1.165) is 5.75 Å². The van der Waals surface area contributed by atoms with E-state index in [1.165, 1.54) is 13.4 Å². The molecule has 0 fully saturated rings. The SMILES string of the molecule is CCOc1ccc(Oc2nc[nH]c(=O)c2OC)cc1. The molecule has 6 heteroatoms. The van der Waals surface area contributed by atoms with E-state index in [2.05, 4.69) is 9.97 Å². The van der Waals surface area contributed by atoms with Gasteiger partial charge in [0.2, 0.25) is 5.75 Å². The first-order valence-electron chi connectivity index (χ1n) is 5.77. The number of benzene rings is 1. The van der Waals surface area contributed by atoms with Gasteiger partial charge in [-0.05, 0) is 31.2 Å². The van der Waals surface area contributed by atoms with Crippen LogP contribution in [0.2, 0.25) is 0 Å². The van der Waals surface area contributed by atoms with Gasteiger partial charge in [0, 0.05) is 0 Å². The highest BCUT2D eigenvalue weighted by Crippen LogP contribution is 2.26. The molecule has 0 spiro atoms. The first kappa shape index (κ1) is 12.9. The van der Waals surface area contributed by atoms with Crippen LogP contribution in [0.3, 0.4) is 0 Å². The Morgan fingerprint density at radius 1 is 1.21 bits per heavy atom. The van der Waals surface area contributed by atoms with Crippen molar-refractivity contribution < 1.29 is 14.2 Å². The van der Waals surface area contributed by atoms with Crippen LogP contribution in [-0.4, -0.2) is 23.7 Å². The van der Waals surface area contributed by atoms with E-state index in [1.807, 2.05) is 6.92 Å². The fourth-order valence-corrected chi connectivity index (χ4v) is 1.51. The lowest BCUT2D eigenvalue weighted by Crippen LogP contribution is -2.10. The molecule has 100 valence electrons. The van der Waals surface area contributed by atoms with Crippen LogP contribution in [0.25, 0.3) is 0 Å². The molecule has 0 aliphatic heterocycles. The van der Waals surface area contributed by atoms with E-state index in [4.69, 9.17) is 14.2 Å². The number of rotatable bonds is 5. The number of aromatic amines is 1. The van der Waals surface area contributed by atoms with Crippen molar-refractivity contribution in [3.05, 3.63) is 40.9 Å². The fraction of sp³-hybridized carbons (Fsp3) is 0.231. The molecule has 0 aliphatic rings. The minimum absolute atomic E-state index is 0.0383. The molecule has 0 saturated carbocycles. The van der Waals surface area contributed by atoms with Crippen molar-refractivity contribution in [2.45, 2.75) is 6.92 Å². The molecule has 0 radical (unpaired) electrons. The van der Waals surface area contributed by atoms with Gasteiger partial charge >= 0.3 is 0 Å². The Labute approximate surface area is 110 Å². The molecule has 0 aliphatic carbocycles. The minimum atomic E-state index is -0.390. The number of nitrogens with one attached hydrogen (secondary N) is 1. The average molecular weight is 262 g/mol. The molecule has 19 heavy (non-hydrogen) atoms. The highest BCUT2D eigenvalue weighted by atomic mass is 16.5. The van der Waals surface area contributed by atoms with Gasteiger partial charge < -0.3 is 19.2 Å². The van der Waals surface area contributed by atoms with Gasteiger partial charge in [0.1, 0.15) is 11.5 Å². The van der Waals surface area contributed by atoms with Crippen molar-refractivity contribution in [2.75, 3.05) is 13.7 Å². The molecule has 0 unspecified atom stereocenters. The molecular formula is C13H14N2O4. The van der Waals surface area contributed by atoms with E-state index in [1.54, 1.807) is 24.3 Å². The zero-order valence-corrected chi connectivity index (χ0v) is 10.7. The van der Waals surface area contributed by atoms with Crippen molar-refractivity contribution in [1.82, 2.24) is 9.97 Å². The first-order valence-corrected chi connectivity index (χ1v) is 5.77. The average Bonchev–Trinajstić information content (AvgIpc) is 2.42. The zero-order chi connectivity index (χ0) is 13.7. The predicted octanol–water partition coefficient (Wildman–Crippen LogP) is 1.97. The van der Waals surface area contributed by atoms with Crippen LogP contribution in [0.1, 0.15) is 6.92 Å². The molecule has 1 aromatic carbocycles. The van der Waals surface area contributed by atoms with Crippen molar-refractivity contribution in [1.29, 1.82) is 0 Å². The van der Waals surface area contributed by atoms with Crippen LogP contribution in [0.15, 0.2) is 35.4 Å². The molecule has 6 nitrogen and oxygen atoms in total. The predicted molar refractivity (Wildman–Crippen MR) is 69.1 cm³/mol. The second-order valence-corrected chi connectivity index (χ2v) is 3.58. The summed E-state index contributed by atoms with van der Waals surface area (Å²) >= 11 is 0. The van der Waals surface area contributed by atoms with Gasteiger partial charge in [0.05, 0.1) is 20.0 Å². The quantitative estimate of drug-likeness (QED) is 0.891. The van der Waals surface area contributed by atoms with Crippen LogP contribution in [0.5, 0.6) is 23.1 Å². The van der Waals surface area contributed by atoms with Crippen LogP contribution >= 0.6 is 0 Å². The lowest BCUT2D eigenvalue weighted by molar-refractivity contribution is 0.338. The summed E-state index contributed by atoms with van der Waals surface area (Å²) in [4.78, 5) is 17.8. The number of hydrogen-bond acceptors (Lipinski definition) is 5. The van der Waals surface area contributed by atoms with Crippen molar-refractivity contribution >= 4 is 0 Å². The second kappa shape index (κ2) is 5.90. The molecule has 0 saturated heterocycles. The van der Waals surface area contributed by atoms with E-state index >= 15 is 0 Å². The third-order valence-corrected chi connectivity index (χ3v) is 2.33. The standard InChI is InChI=1S/C13H14N2O4/c1-3-18-9-4-6-10(7-5-9)19-13-11(17-2)12(16)14-8-15-13/h4-8H,3H2,1-2H3,(H,14,15,16). The third-order valence-electron chi connectivity index (χ3n) is 2.33. The van der Waals surface area contributed by atoms with Gasteiger partial charge in [0.15, 0.2) is 0 Å². The summed E-state index contributed by atoms with van der Waals surface area (Å²) in [5, 5.41) is 0. The molecule has 2 rings (SSSR count). The molecule has 0 atom stereocenters.